The molecule has 0 radical (unpaired) electrons. The number of aryl methyl sites for hydroxylation is 1. The molecule has 22 heavy (non-hydrogen) atoms. The molecule has 3 nitrogen and oxygen atoms in total. The van der Waals surface area contributed by atoms with Crippen LogP contribution in [0.2, 0.25) is 0 Å². The number of halogens is 1. The highest BCUT2D eigenvalue weighted by atomic mass is 79.9. The van der Waals surface area contributed by atoms with E-state index in [1.54, 1.807) is 17.6 Å². The van der Waals surface area contributed by atoms with Crippen molar-refractivity contribution in [2.45, 2.75) is 6.92 Å². The van der Waals surface area contributed by atoms with Gasteiger partial charge in [-0.25, -0.2) is 4.98 Å². The van der Waals surface area contributed by atoms with Crippen molar-refractivity contribution in [3.63, 3.8) is 0 Å². The largest absolute Gasteiger partial charge is 0.253 e. The van der Waals surface area contributed by atoms with E-state index in [1.807, 2.05) is 42.5 Å². The topological polar surface area (TPSA) is 37.3 Å². The lowest BCUT2D eigenvalue weighted by molar-refractivity contribution is 1.28. The van der Waals surface area contributed by atoms with E-state index in [4.69, 9.17) is 0 Å². The maximum absolute atomic E-state index is 4.61. The van der Waals surface area contributed by atoms with Gasteiger partial charge in [0, 0.05) is 14.9 Å². The van der Waals surface area contributed by atoms with Crippen molar-refractivity contribution in [3.8, 4) is 11.3 Å². The summed E-state index contributed by atoms with van der Waals surface area (Å²) in [5, 5.41) is 5.05. The third-order valence-electron chi connectivity index (χ3n) is 3.07. The highest BCUT2D eigenvalue weighted by Crippen LogP contribution is 2.30. The van der Waals surface area contributed by atoms with Crippen molar-refractivity contribution in [2.24, 2.45) is 5.10 Å². The van der Waals surface area contributed by atoms with Crippen LogP contribution in [0.5, 0.6) is 0 Å². The Bertz CT molecular complexity index is 797. The van der Waals surface area contributed by atoms with Crippen LogP contribution in [0.4, 0.5) is 5.13 Å². The molecular formula is C17H14BrN3S. The van der Waals surface area contributed by atoms with E-state index in [-0.39, 0.29) is 0 Å². The van der Waals surface area contributed by atoms with Gasteiger partial charge in [-0.15, -0.1) is 11.3 Å². The van der Waals surface area contributed by atoms with Crippen LogP contribution in [0.15, 0.2) is 64.2 Å². The minimum absolute atomic E-state index is 0.794. The summed E-state index contributed by atoms with van der Waals surface area (Å²) >= 11 is 5.05. The van der Waals surface area contributed by atoms with Gasteiger partial charge >= 0.3 is 0 Å². The van der Waals surface area contributed by atoms with Crippen LogP contribution in [-0.2, 0) is 0 Å². The molecule has 0 fully saturated rings. The number of hydrogen-bond acceptors (Lipinski definition) is 4. The minimum atomic E-state index is 0.794. The first-order valence-electron chi connectivity index (χ1n) is 6.80. The smallest absolute Gasteiger partial charge is 0.204 e. The standard InChI is InChI=1S/C17H14BrN3S/c1-12-16(14-7-3-2-4-8-14)20-17(22-12)21-19-11-13-6-5-9-15(18)10-13/h2-11H,1H3,(H,20,21). The van der Waals surface area contributed by atoms with E-state index in [0.717, 1.165) is 26.4 Å². The second kappa shape index (κ2) is 6.85. The first-order valence-corrected chi connectivity index (χ1v) is 8.41. The van der Waals surface area contributed by atoms with Gasteiger partial charge in [-0.2, -0.15) is 5.10 Å². The Morgan fingerprint density at radius 1 is 1.14 bits per heavy atom. The normalized spacial score (nSPS) is 11.0. The molecule has 1 aromatic heterocycles. The molecule has 0 bridgehead atoms. The molecule has 0 aliphatic heterocycles. The first kappa shape index (κ1) is 14.9. The number of thiazole rings is 1. The molecule has 0 amide bonds. The number of rotatable bonds is 4. The average Bonchev–Trinajstić information content (AvgIpc) is 2.89. The van der Waals surface area contributed by atoms with Gasteiger partial charge in [-0.1, -0.05) is 58.4 Å². The number of nitrogens with one attached hydrogen (secondary N) is 1. The zero-order valence-electron chi connectivity index (χ0n) is 12.0. The van der Waals surface area contributed by atoms with Gasteiger partial charge in [-0.3, -0.25) is 5.43 Å². The Kier molecular flexibility index (Phi) is 4.65. The lowest BCUT2D eigenvalue weighted by Gasteiger charge is -1.97. The maximum atomic E-state index is 4.61. The fraction of sp³-hybridized carbons (Fsp3) is 0.0588. The summed E-state index contributed by atoms with van der Waals surface area (Å²) in [7, 11) is 0. The SMILES string of the molecule is Cc1sc(NN=Cc2cccc(Br)c2)nc1-c1ccccc1. The van der Waals surface area contributed by atoms with Crippen LogP contribution in [0.3, 0.4) is 0 Å². The van der Waals surface area contributed by atoms with Crippen molar-refractivity contribution in [1.82, 2.24) is 4.98 Å². The predicted octanol–water partition coefficient (Wildman–Crippen LogP) is 5.33. The molecule has 110 valence electrons. The molecule has 0 saturated heterocycles. The minimum Gasteiger partial charge on any atom is -0.253 e. The van der Waals surface area contributed by atoms with Crippen LogP contribution in [-0.4, -0.2) is 11.2 Å². The molecule has 0 unspecified atom stereocenters. The second-order valence-electron chi connectivity index (χ2n) is 4.71. The zero-order chi connectivity index (χ0) is 15.4. The van der Waals surface area contributed by atoms with Crippen LogP contribution in [0, 0.1) is 6.92 Å². The van der Waals surface area contributed by atoms with Crippen molar-refractivity contribution in [2.75, 3.05) is 5.43 Å². The van der Waals surface area contributed by atoms with E-state index in [1.165, 1.54) is 4.88 Å². The third kappa shape index (κ3) is 3.61. The lowest BCUT2D eigenvalue weighted by atomic mass is 10.1. The van der Waals surface area contributed by atoms with E-state index >= 15 is 0 Å². The Balaban J connectivity index is 1.74. The quantitative estimate of drug-likeness (QED) is 0.497. The Morgan fingerprint density at radius 3 is 2.73 bits per heavy atom. The summed E-state index contributed by atoms with van der Waals surface area (Å²) in [6.45, 7) is 2.07. The summed E-state index contributed by atoms with van der Waals surface area (Å²) < 4.78 is 1.04. The summed E-state index contributed by atoms with van der Waals surface area (Å²) in [5.41, 5.74) is 6.16. The highest BCUT2D eigenvalue weighted by molar-refractivity contribution is 9.10. The van der Waals surface area contributed by atoms with E-state index in [9.17, 15) is 0 Å². The van der Waals surface area contributed by atoms with Crippen molar-refractivity contribution >= 4 is 38.6 Å². The Hall–Kier alpha value is -1.98. The van der Waals surface area contributed by atoms with Gasteiger partial charge < -0.3 is 0 Å². The van der Waals surface area contributed by atoms with Gasteiger partial charge in [-0.05, 0) is 24.6 Å². The van der Waals surface area contributed by atoms with Gasteiger partial charge in [0.2, 0.25) is 5.13 Å². The monoisotopic (exact) mass is 371 g/mol. The van der Waals surface area contributed by atoms with E-state index in [0.29, 0.717) is 0 Å². The molecule has 0 saturated carbocycles. The molecule has 2 aromatic carbocycles. The van der Waals surface area contributed by atoms with Crippen molar-refractivity contribution in [3.05, 3.63) is 69.5 Å². The Labute approximate surface area is 141 Å². The average molecular weight is 372 g/mol. The molecular weight excluding hydrogens is 358 g/mol. The van der Waals surface area contributed by atoms with Gasteiger partial charge in [0.15, 0.2) is 0 Å². The lowest BCUT2D eigenvalue weighted by Crippen LogP contribution is -1.90. The second-order valence-corrected chi connectivity index (χ2v) is 6.83. The van der Waals surface area contributed by atoms with Gasteiger partial charge in [0.25, 0.3) is 0 Å². The summed E-state index contributed by atoms with van der Waals surface area (Å²) in [6.07, 6.45) is 1.78. The summed E-state index contributed by atoms with van der Waals surface area (Å²) in [6, 6.07) is 18.2. The highest BCUT2D eigenvalue weighted by Gasteiger charge is 2.08. The molecule has 3 aromatic rings. The van der Waals surface area contributed by atoms with Gasteiger partial charge in [0.05, 0.1) is 11.9 Å². The molecule has 3 rings (SSSR count). The molecule has 1 N–H and O–H groups in total. The van der Waals surface area contributed by atoms with Crippen molar-refractivity contribution in [1.29, 1.82) is 0 Å². The van der Waals surface area contributed by atoms with Gasteiger partial charge in [0.1, 0.15) is 0 Å². The molecule has 1 heterocycles. The number of benzene rings is 2. The van der Waals surface area contributed by atoms with Crippen LogP contribution in [0.25, 0.3) is 11.3 Å². The molecule has 0 aliphatic carbocycles. The number of anilines is 1. The fourth-order valence-electron chi connectivity index (χ4n) is 2.06. The predicted molar refractivity (Wildman–Crippen MR) is 97.6 cm³/mol. The molecule has 0 spiro atoms. The summed E-state index contributed by atoms with van der Waals surface area (Å²) in [4.78, 5) is 5.79. The fourth-order valence-corrected chi connectivity index (χ4v) is 3.26. The molecule has 0 aliphatic rings. The number of nitrogens with zero attached hydrogens (tertiary/aromatic N) is 2. The maximum Gasteiger partial charge on any atom is 0.204 e. The van der Waals surface area contributed by atoms with Crippen LogP contribution < -0.4 is 5.43 Å². The number of hydrogen-bond donors (Lipinski definition) is 1. The van der Waals surface area contributed by atoms with Crippen LogP contribution in [0.1, 0.15) is 10.4 Å². The summed E-state index contributed by atoms with van der Waals surface area (Å²) in [5.74, 6) is 0. The zero-order valence-corrected chi connectivity index (χ0v) is 14.4. The third-order valence-corrected chi connectivity index (χ3v) is 4.44. The van der Waals surface area contributed by atoms with Crippen molar-refractivity contribution < 1.29 is 0 Å². The molecule has 0 atom stereocenters. The molecule has 5 heteroatoms. The van der Waals surface area contributed by atoms with E-state index in [2.05, 4.69) is 50.5 Å². The van der Waals surface area contributed by atoms with Crippen LogP contribution >= 0.6 is 27.3 Å². The number of aromatic nitrogens is 1. The van der Waals surface area contributed by atoms with E-state index < -0.39 is 0 Å². The first-order chi connectivity index (χ1) is 10.7. The number of hydrazone groups is 1. The Morgan fingerprint density at radius 2 is 1.95 bits per heavy atom.